The Balaban J connectivity index is 1.66. The van der Waals surface area contributed by atoms with Gasteiger partial charge in [0.2, 0.25) is 11.8 Å². The van der Waals surface area contributed by atoms with E-state index >= 15 is 0 Å². The van der Waals surface area contributed by atoms with E-state index in [1.165, 1.54) is 0 Å². The molecule has 0 aliphatic carbocycles. The number of rotatable bonds is 9. The average molecular weight is 409 g/mol. The maximum absolute atomic E-state index is 11.9. The van der Waals surface area contributed by atoms with Crippen LogP contribution in [0.2, 0.25) is 0 Å². The predicted octanol–water partition coefficient (Wildman–Crippen LogP) is 2.79. The monoisotopic (exact) mass is 408 g/mol. The first kappa shape index (κ1) is 22.6. The summed E-state index contributed by atoms with van der Waals surface area (Å²) < 4.78 is 0. The fourth-order valence-corrected chi connectivity index (χ4v) is 2.55. The highest BCUT2D eigenvalue weighted by Crippen LogP contribution is 2.07. The van der Waals surface area contributed by atoms with Crippen LogP contribution in [0.5, 0.6) is 0 Å². The zero-order chi connectivity index (χ0) is 21.9. The third-order valence-corrected chi connectivity index (χ3v) is 4.41. The number of nitrogens with one attached hydrogen (secondary N) is 2. The normalized spacial score (nSPS) is 11.8. The number of anilines is 2. The molecule has 2 amide bonds. The van der Waals surface area contributed by atoms with E-state index in [2.05, 4.69) is 21.1 Å². The van der Waals surface area contributed by atoms with Crippen molar-refractivity contribution in [3.63, 3.8) is 0 Å². The molecule has 0 aliphatic heterocycles. The van der Waals surface area contributed by atoms with E-state index in [0.29, 0.717) is 48.5 Å². The maximum atomic E-state index is 11.9. The molecule has 0 saturated heterocycles. The Morgan fingerprint density at radius 3 is 1.37 bits per heavy atom. The minimum Gasteiger partial charge on any atom is -0.399 e. The molecule has 8 heteroatoms. The molecule has 0 atom stereocenters. The largest absolute Gasteiger partial charge is 0.399 e. The molecule has 0 fully saturated rings. The van der Waals surface area contributed by atoms with Crippen molar-refractivity contribution in [3.05, 3.63) is 59.7 Å². The Morgan fingerprint density at radius 2 is 1.03 bits per heavy atom. The highest BCUT2D eigenvalue weighted by molar-refractivity contribution is 6.00. The van der Waals surface area contributed by atoms with Gasteiger partial charge in [-0.1, -0.05) is 24.3 Å². The first-order valence-corrected chi connectivity index (χ1v) is 9.73. The third-order valence-electron chi connectivity index (χ3n) is 4.41. The van der Waals surface area contributed by atoms with Crippen LogP contribution >= 0.6 is 0 Å². The molecule has 0 saturated carbocycles. The van der Waals surface area contributed by atoms with Crippen LogP contribution in [0.15, 0.2) is 58.7 Å². The summed E-state index contributed by atoms with van der Waals surface area (Å²) in [6.07, 6.45) is 1.74. The molecule has 158 valence electrons. The molecule has 2 aromatic carbocycles. The van der Waals surface area contributed by atoms with Gasteiger partial charge in [0.15, 0.2) is 0 Å². The smallest absolute Gasteiger partial charge is 0.240 e. The van der Waals surface area contributed by atoms with Crippen LogP contribution in [-0.4, -0.2) is 23.2 Å². The highest BCUT2D eigenvalue weighted by atomic mass is 16.2. The fraction of sp³-hybridized carbons (Fsp3) is 0.273. The Hall–Kier alpha value is -3.68. The third kappa shape index (κ3) is 7.75. The van der Waals surface area contributed by atoms with Gasteiger partial charge in [0.1, 0.15) is 0 Å². The Kier molecular flexibility index (Phi) is 8.56. The lowest BCUT2D eigenvalue weighted by molar-refractivity contribution is -0.123. The highest BCUT2D eigenvalue weighted by Gasteiger charge is 2.05. The summed E-state index contributed by atoms with van der Waals surface area (Å²) in [7, 11) is 0. The van der Waals surface area contributed by atoms with Gasteiger partial charge < -0.3 is 11.5 Å². The van der Waals surface area contributed by atoms with Crippen LogP contribution in [0, 0.1) is 0 Å². The Labute approximate surface area is 176 Å². The van der Waals surface area contributed by atoms with E-state index < -0.39 is 0 Å². The zero-order valence-electron chi connectivity index (χ0n) is 17.3. The molecular formula is C22H28N6O2. The lowest BCUT2D eigenvalue weighted by atomic mass is 10.1. The number of hydrogen-bond acceptors (Lipinski definition) is 6. The van der Waals surface area contributed by atoms with Gasteiger partial charge in [-0.15, -0.1) is 0 Å². The van der Waals surface area contributed by atoms with Crippen LogP contribution in [0.25, 0.3) is 0 Å². The van der Waals surface area contributed by atoms with Crippen LogP contribution in [0.4, 0.5) is 11.4 Å². The van der Waals surface area contributed by atoms with Crippen molar-refractivity contribution < 1.29 is 9.59 Å². The summed E-state index contributed by atoms with van der Waals surface area (Å²) in [6, 6.07) is 14.5. The van der Waals surface area contributed by atoms with E-state index in [1.54, 1.807) is 24.3 Å². The van der Waals surface area contributed by atoms with Crippen molar-refractivity contribution in [2.75, 3.05) is 11.5 Å². The lowest BCUT2D eigenvalue weighted by Gasteiger charge is -2.05. The zero-order valence-corrected chi connectivity index (χ0v) is 17.3. The molecule has 0 unspecified atom stereocenters. The van der Waals surface area contributed by atoms with Gasteiger partial charge in [0, 0.05) is 24.2 Å². The molecule has 0 bridgehead atoms. The molecule has 0 radical (unpaired) electrons. The van der Waals surface area contributed by atoms with Crippen LogP contribution in [0.1, 0.15) is 50.7 Å². The summed E-state index contributed by atoms with van der Waals surface area (Å²) in [4.78, 5) is 23.8. The van der Waals surface area contributed by atoms with E-state index in [-0.39, 0.29) is 11.8 Å². The molecule has 0 spiro atoms. The van der Waals surface area contributed by atoms with Crippen molar-refractivity contribution in [1.82, 2.24) is 10.9 Å². The van der Waals surface area contributed by atoms with Gasteiger partial charge in [0.05, 0.1) is 11.4 Å². The number of carbonyl (C=O) groups excluding carboxylic acids is 2. The topological polar surface area (TPSA) is 135 Å². The number of hydrogen-bond donors (Lipinski definition) is 4. The van der Waals surface area contributed by atoms with Gasteiger partial charge in [-0.2, -0.15) is 10.2 Å². The Bertz CT molecular complexity index is 840. The molecule has 2 rings (SSSR count). The molecule has 6 N–H and O–H groups in total. The number of carbonyl (C=O) groups is 2. The summed E-state index contributed by atoms with van der Waals surface area (Å²) in [5.41, 5.74) is 20.9. The van der Waals surface area contributed by atoms with E-state index in [0.717, 1.165) is 11.1 Å². The van der Waals surface area contributed by atoms with Crippen LogP contribution in [0.3, 0.4) is 0 Å². The van der Waals surface area contributed by atoms with Gasteiger partial charge in [-0.05, 0) is 62.1 Å². The minimum atomic E-state index is -0.192. The van der Waals surface area contributed by atoms with Gasteiger partial charge >= 0.3 is 0 Å². The maximum Gasteiger partial charge on any atom is 0.240 e. The molecule has 0 aromatic heterocycles. The van der Waals surface area contributed by atoms with E-state index in [9.17, 15) is 9.59 Å². The van der Waals surface area contributed by atoms with Crippen molar-refractivity contribution in [2.24, 2.45) is 10.2 Å². The number of unbranched alkanes of at least 4 members (excludes halogenated alkanes) is 1. The van der Waals surface area contributed by atoms with Crippen molar-refractivity contribution >= 4 is 34.6 Å². The van der Waals surface area contributed by atoms with Crippen LogP contribution in [-0.2, 0) is 9.59 Å². The molecular weight excluding hydrogens is 380 g/mol. The van der Waals surface area contributed by atoms with Gasteiger partial charge in [-0.25, -0.2) is 10.9 Å². The van der Waals surface area contributed by atoms with E-state index in [4.69, 9.17) is 11.5 Å². The van der Waals surface area contributed by atoms with Crippen molar-refractivity contribution in [1.29, 1.82) is 0 Å². The first-order chi connectivity index (χ1) is 14.3. The molecule has 2 aromatic rings. The average Bonchev–Trinajstić information content (AvgIpc) is 2.74. The molecule has 8 nitrogen and oxygen atoms in total. The second-order valence-electron chi connectivity index (χ2n) is 6.92. The standard InChI is InChI=1S/C22H28N6O2/c1-15(17-7-11-19(23)12-8-17)25-27-21(29)5-3-4-6-22(30)28-26-16(2)18-9-13-20(24)14-10-18/h7-14H,3-6,23-24H2,1-2H3,(H,27,29)(H,28,30). The quantitative estimate of drug-likeness (QED) is 0.220. The SMILES string of the molecule is CC(=NNC(=O)CCCCC(=O)NN=C(C)c1ccc(N)cc1)c1ccc(N)cc1. The van der Waals surface area contributed by atoms with Crippen molar-refractivity contribution in [2.45, 2.75) is 39.5 Å². The fourth-order valence-electron chi connectivity index (χ4n) is 2.55. The van der Waals surface area contributed by atoms with Gasteiger partial charge in [0.25, 0.3) is 0 Å². The second-order valence-corrected chi connectivity index (χ2v) is 6.92. The van der Waals surface area contributed by atoms with Gasteiger partial charge in [-0.3, -0.25) is 9.59 Å². The Morgan fingerprint density at radius 1 is 0.700 bits per heavy atom. The predicted molar refractivity (Wildman–Crippen MR) is 121 cm³/mol. The summed E-state index contributed by atoms with van der Waals surface area (Å²) in [5, 5.41) is 8.18. The second kappa shape index (κ2) is 11.4. The molecule has 30 heavy (non-hydrogen) atoms. The van der Waals surface area contributed by atoms with E-state index in [1.807, 2.05) is 38.1 Å². The number of nitrogen functional groups attached to an aromatic ring is 2. The van der Waals surface area contributed by atoms with Crippen LogP contribution < -0.4 is 22.3 Å². The summed E-state index contributed by atoms with van der Waals surface area (Å²) in [6.45, 7) is 3.62. The lowest BCUT2D eigenvalue weighted by Crippen LogP contribution is -2.20. The summed E-state index contributed by atoms with van der Waals surface area (Å²) in [5.74, 6) is -0.384. The molecule has 0 aliphatic rings. The number of benzene rings is 2. The number of amides is 2. The first-order valence-electron chi connectivity index (χ1n) is 9.73. The number of hydrazone groups is 2. The number of nitrogens with zero attached hydrogens (tertiary/aromatic N) is 2. The summed E-state index contributed by atoms with van der Waals surface area (Å²) >= 11 is 0. The van der Waals surface area contributed by atoms with Crippen molar-refractivity contribution in [3.8, 4) is 0 Å². The minimum absolute atomic E-state index is 0.192. The number of nitrogens with two attached hydrogens (primary N) is 2. The molecule has 0 heterocycles.